The number of hydrogen-bond acceptors (Lipinski definition) is 4. The van der Waals surface area contributed by atoms with Gasteiger partial charge < -0.3 is 9.64 Å². The lowest BCUT2D eigenvalue weighted by atomic mass is 9.98. The van der Waals surface area contributed by atoms with Crippen molar-refractivity contribution in [2.24, 2.45) is 5.92 Å². The highest BCUT2D eigenvalue weighted by Crippen LogP contribution is 2.22. The normalized spacial score (nSPS) is 17.3. The smallest absolute Gasteiger partial charge is 0.272 e. The van der Waals surface area contributed by atoms with Crippen LogP contribution in [0.2, 0.25) is 0 Å². The molecule has 0 spiro atoms. The SMILES string of the molecule is Cc1nc2ncccn2c1C(=O)N1CCC[C@H](COc2ccc(F)cc2)C1. The number of carbonyl (C=O) groups excluding carboxylic acids is 1. The minimum absolute atomic E-state index is 0.0283. The number of ether oxygens (including phenoxy) is 1. The number of fused-ring (bicyclic) bond motifs is 1. The Morgan fingerprint density at radius 3 is 2.96 bits per heavy atom. The second-order valence-electron chi connectivity index (χ2n) is 6.86. The summed E-state index contributed by atoms with van der Waals surface area (Å²) in [4.78, 5) is 23.6. The Balaban J connectivity index is 1.45. The number of amides is 1. The first-order chi connectivity index (χ1) is 13.1. The third-order valence-corrected chi connectivity index (χ3v) is 4.89. The Morgan fingerprint density at radius 2 is 2.15 bits per heavy atom. The van der Waals surface area contributed by atoms with Crippen LogP contribution >= 0.6 is 0 Å². The van der Waals surface area contributed by atoms with Gasteiger partial charge in [-0.2, -0.15) is 0 Å². The van der Waals surface area contributed by atoms with Gasteiger partial charge in [0.2, 0.25) is 5.78 Å². The van der Waals surface area contributed by atoms with Gasteiger partial charge in [0, 0.05) is 31.4 Å². The molecule has 2 aromatic heterocycles. The number of nitrogens with zero attached hydrogens (tertiary/aromatic N) is 4. The number of likely N-dealkylation sites (tertiary alicyclic amines) is 1. The van der Waals surface area contributed by atoms with Crippen molar-refractivity contribution in [1.29, 1.82) is 0 Å². The molecule has 1 aliphatic heterocycles. The van der Waals surface area contributed by atoms with Crippen molar-refractivity contribution in [2.75, 3.05) is 19.7 Å². The van der Waals surface area contributed by atoms with Gasteiger partial charge in [0.25, 0.3) is 5.91 Å². The molecular formula is C20H21FN4O2. The van der Waals surface area contributed by atoms with Crippen LogP contribution in [0.25, 0.3) is 5.78 Å². The lowest BCUT2D eigenvalue weighted by molar-refractivity contribution is 0.0625. The molecule has 6 nitrogen and oxygen atoms in total. The monoisotopic (exact) mass is 368 g/mol. The van der Waals surface area contributed by atoms with Crippen LogP contribution in [0, 0.1) is 18.7 Å². The van der Waals surface area contributed by atoms with Gasteiger partial charge in [0.05, 0.1) is 12.3 Å². The Bertz CT molecular complexity index is 954. The maximum Gasteiger partial charge on any atom is 0.272 e. The number of rotatable bonds is 4. The molecule has 1 amide bonds. The van der Waals surface area contributed by atoms with E-state index in [2.05, 4.69) is 9.97 Å². The van der Waals surface area contributed by atoms with Crippen molar-refractivity contribution in [2.45, 2.75) is 19.8 Å². The summed E-state index contributed by atoms with van der Waals surface area (Å²) in [7, 11) is 0. The minimum atomic E-state index is -0.283. The van der Waals surface area contributed by atoms with E-state index in [9.17, 15) is 9.18 Å². The fourth-order valence-electron chi connectivity index (χ4n) is 3.54. The van der Waals surface area contributed by atoms with Crippen molar-refractivity contribution in [1.82, 2.24) is 19.3 Å². The number of piperidine rings is 1. The highest BCUT2D eigenvalue weighted by atomic mass is 19.1. The van der Waals surface area contributed by atoms with E-state index in [-0.39, 0.29) is 17.6 Å². The van der Waals surface area contributed by atoms with Crippen molar-refractivity contribution < 1.29 is 13.9 Å². The van der Waals surface area contributed by atoms with E-state index in [0.29, 0.717) is 36.1 Å². The first-order valence-corrected chi connectivity index (χ1v) is 9.09. The molecule has 3 heterocycles. The number of imidazole rings is 1. The van der Waals surface area contributed by atoms with Crippen LogP contribution < -0.4 is 4.74 Å². The van der Waals surface area contributed by atoms with Gasteiger partial charge in [-0.25, -0.2) is 14.4 Å². The van der Waals surface area contributed by atoms with Gasteiger partial charge in [-0.1, -0.05) is 0 Å². The zero-order chi connectivity index (χ0) is 18.8. The molecule has 0 radical (unpaired) electrons. The van der Waals surface area contributed by atoms with E-state index in [1.165, 1.54) is 12.1 Å². The van der Waals surface area contributed by atoms with E-state index in [4.69, 9.17) is 4.74 Å². The minimum Gasteiger partial charge on any atom is -0.493 e. The van der Waals surface area contributed by atoms with Crippen LogP contribution in [-0.4, -0.2) is 44.9 Å². The predicted molar refractivity (Wildman–Crippen MR) is 98.2 cm³/mol. The average Bonchev–Trinajstić information content (AvgIpc) is 3.03. The molecule has 27 heavy (non-hydrogen) atoms. The Kier molecular flexibility index (Phi) is 4.75. The quantitative estimate of drug-likeness (QED) is 0.710. The molecule has 7 heteroatoms. The van der Waals surface area contributed by atoms with Gasteiger partial charge >= 0.3 is 0 Å². The molecule has 4 rings (SSSR count). The molecule has 0 N–H and O–H groups in total. The molecule has 1 fully saturated rings. The summed E-state index contributed by atoms with van der Waals surface area (Å²) >= 11 is 0. The van der Waals surface area contributed by atoms with Crippen LogP contribution in [0.15, 0.2) is 42.7 Å². The standard InChI is InChI=1S/C20H21FN4O2/c1-14-18(25-11-3-9-22-20(25)23-14)19(26)24-10-2-4-15(12-24)13-27-17-7-5-16(21)6-8-17/h3,5-9,11,15H,2,4,10,12-13H2,1H3/t15-/m0/s1. The predicted octanol–water partition coefficient (Wildman–Crippen LogP) is 3.11. The molecule has 3 aromatic rings. The highest BCUT2D eigenvalue weighted by Gasteiger charge is 2.28. The molecule has 1 aliphatic rings. The maximum atomic E-state index is 13.1. The van der Waals surface area contributed by atoms with E-state index in [1.54, 1.807) is 28.8 Å². The molecule has 0 saturated carbocycles. The van der Waals surface area contributed by atoms with Crippen LogP contribution in [0.3, 0.4) is 0 Å². The van der Waals surface area contributed by atoms with Gasteiger partial charge in [-0.3, -0.25) is 9.20 Å². The first kappa shape index (κ1) is 17.5. The maximum absolute atomic E-state index is 13.1. The lowest BCUT2D eigenvalue weighted by Crippen LogP contribution is -2.42. The van der Waals surface area contributed by atoms with Crippen LogP contribution in [0.1, 0.15) is 29.0 Å². The summed E-state index contributed by atoms with van der Waals surface area (Å²) in [5.41, 5.74) is 1.25. The molecule has 1 saturated heterocycles. The zero-order valence-electron chi connectivity index (χ0n) is 15.1. The zero-order valence-corrected chi connectivity index (χ0v) is 15.1. The van der Waals surface area contributed by atoms with Crippen LogP contribution in [0.5, 0.6) is 5.75 Å². The van der Waals surface area contributed by atoms with E-state index >= 15 is 0 Å². The van der Waals surface area contributed by atoms with E-state index in [1.807, 2.05) is 18.0 Å². The number of benzene rings is 1. The van der Waals surface area contributed by atoms with Gasteiger partial charge in [0.15, 0.2) is 0 Å². The number of carbonyl (C=O) groups is 1. The summed E-state index contributed by atoms with van der Waals surface area (Å²) in [6.45, 7) is 3.69. The number of aromatic nitrogens is 3. The fraction of sp³-hybridized carbons (Fsp3) is 0.350. The Morgan fingerprint density at radius 1 is 1.33 bits per heavy atom. The number of aryl methyl sites for hydroxylation is 1. The molecule has 0 unspecified atom stereocenters. The molecular weight excluding hydrogens is 347 g/mol. The molecule has 1 aromatic carbocycles. The van der Waals surface area contributed by atoms with Crippen molar-refractivity contribution in [3.63, 3.8) is 0 Å². The van der Waals surface area contributed by atoms with Gasteiger partial charge in [0.1, 0.15) is 17.3 Å². The molecule has 140 valence electrons. The Hall–Kier alpha value is -2.96. The van der Waals surface area contributed by atoms with Gasteiger partial charge in [-0.15, -0.1) is 0 Å². The second-order valence-corrected chi connectivity index (χ2v) is 6.86. The van der Waals surface area contributed by atoms with Crippen LogP contribution in [0.4, 0.5) is 4.39 Å². The summed E-state index contributed by atoms with van der Waals surface area (Å²) in [5, 5.41) is 0. The Labute approximate surface area is 156 Å². The molecule has 0 bridgehead atoms. The van der Waals surface area contributed by atoms with Crippen molar-refractivity contribution in [3.05, 3.63) is 59.9 Å². The summed E-state index contributed by atoms with van der Waals surface area (Å²) in [5.74, 6) is 1.11. The van der Waals surface area contributed by atoms with Crippen molar-refractivity contribution in [3.8, 4) is 5.75 Å². The van der Waals surface area contributed by atoms with Crippen LogP contribution in [-0.2, 0) is 0 Å². The first-order valence-electron chi connectivity index (χ1n) is 9.09. The third kappa shape index (κ3) is 3.63. The molecule has 0 aliphatic carbocycles. The third-order valence-electron chi connectivity index (χ3n) is 4.89. The fourth-order valence-corrected chi connectivity index (χ4v) is 3.54. The van der Waals surface area contributed by atoms with E-state index < -0.39 is 0 Å². The summed E-state index contributed by atoms with van der Waals surface area (Å²) in [6.07, 6.45) is 5.41. The average molecular weight is 368 g/mol. The molecule has 1 atom stereocenters. The van der Waals surface area contributed by atoms with Gasteiger partial charge in [-0.05, 0) is 50.1 Å². The van der Waals surface area contributed by atoms with Crippen molar-refractivity contribution >= 4 is 11.7 Å². The summed E-state index contributed by atoms with van der Waals surface area (Å²) < 4.78 is 20.5. The highest BCUT2D eigenvalue weighted by molar-refractivity contribution is 5.94. The number of hydrogen-bond donors (Lipinski definition) is 0. The lowest BCUT2D eigenvalue weighted by Gasteiger charge is -2.32. The summed E-state index contributed by atoms with van der Waals surface area (Å²) in [6, 6.07) is 7.80. The largest absolute Gasteiger partial charge is 0.493 e. The second kappa shape index (κ2) is 7.34. The van der Waals surface area contributed by atoms with E-state index in [0.717, 1.165) is 19.4 Å². The topological polar surface area (TPSA) is 59.7 Å². The number of halogens is 1.